The van der Waals surface area contributed by atoms with E-state index < -0.39 is 0 Å². The van der Waals surface area contributed by atoms with Crippen LogP contribution in [0.5, 0.6) is 0 Å². The van der Waals surface area contributed by atoms with Crippen LogP contribution < -0.4 is 5.32 Å². The van der Waals surface area contributed by atoms with Gasteiger partial charge < -0.3 is 5.32 Å². The lowest BCUT2D eigenvalue weighted by atomic mass is 10.2. The number of benzene rings is 2. The molecule has 2 rings (SSSR count). The van der Waals surface area contributed by atoms with Crippen molar-refractivity contribution in [3.8, 4) is 0 Å². The average Bonchev–Trinajstić information content (AvgIpc) is 2.38. The zero-order valence-corrected chi connectivity index (χ0v) is 12.9. The van der Waals surface area contributed by atoms with Crippen LogP contribution in [0.3, 0.4) is 0 Å². The van der Waals surface area contributed by atoms with Crippen molar-refractivity contribution in [1.82, 2.24) is 5.32 Å². The van der Waals surface area contributed by atoms with Gasteiger partial charge in [-0.15, -0.1) is 0 Å². The molecule has 0 spiro atoms. The monoisotopic (exact) mass is 333 g/mol. The third kappa shape index (κ3) is 4.01. The number of hydrogen-bond donors (Lipinski definition) is 1. The molecule has 0 radical (unpaired) electrons. The van der Waals surface area contributed by atoms with Crippen LogP contribution in [0.4, 0.5) is 0 Å². The number of nitrogens with one attached hydrogen (secondary N) is 1. The third-order valence-corrected chi connectivity index (χ3v) is 4.09. The number of rotatable bonds is 4. The molecule has 5 heteroatoms. The van der Waals surface area contributed by atoms with Crippen LogP contribution in [0.2, 0.25) is 20.1 Å². The fourth-order valence-electron chi connectivity index (χ4n) is 1.71. The molecule has 2 aromatic rings. The van der Waals surface area contributed by atoms with Crippen molar-refractivity contribution < 1.29 is 0 Å². The first kappa shape index (κ1) is 15.0. The lowest BCUT2D eigenvalue weighted by Gasteiger charge is -2.10. The summed E-state index contributed by atoms with van der Waals surface area (Å²) in [5.41, 5.74) is 1.90. The van der Waals surface area contributed by atoms with Gasteiger partial charge in [-0.3, -0.25) is 0 Å². The predicted molar refractivity (Wildman–Crippen MR) is 83.5 cm³/mol. The first-order valence-electron chi connectivity index (χ1n) is 5.65. The van der Waals surface area contributed by atoms with Crippen LogP contribution in [-0.4, -0.2) is 0 Å². The third-order valence-electron chi connectivity index (χ3n) is 2.66. The van der Waals surface area contributed by atoms with Crippen molar-refractivity contribution in [3.05, 3.63) is 67.6 Å². The molecule has 0 saturated carbocycles. The van der Waals surface area contributed by atoms with E-state index in [2.05, 4.69) is 5.32 Å². The zero-order chi connectivity index (χ0) is 13.8. The maximum atomic E-state index is 6.13. The van der Waals surface area contributed by atoms with E-state index in [1.54, 1.807) is 12.1 Å². The molecule has 19 heavy (non-hydrogen) atoms. The molecule has 0 bridgehead atoms. The number of hydrogen-bond acceptors (Lipinski definition) is 1. The Morgan fingerprint density at radius 1 is 0.842 bits per heavy atom. The molecule has 0 atom stereocenters. The molecular formula is C14H11Cl4N. The van der Waals surface area contributed by atoms with Gasteiger partial charge in [-0.2, -0.15) is 0 Å². The second-order valence-corrected chi connectivity index (χ2v) is 5.68. The maximum Gasteiger partial charge on any atom is 0.0652 e. The fourth-order valence-corrected chi connectivity index (χ4v) is 2.60. The zero-order valence-electron chi connectivity index (χ0n) is 9.89. The van der Waals surface area contributed by atoms with Crippen molar-refractivity contribution >= 4 is 46.4 Å². The summed E-state index contributed by atoms with van der Waals surface area (Å²) < 4.78 is 0. The van der Waals surface area contributed by atoms with Gasteiger partial charge in [0, 0.05) is 28.7 Å². The average molecular weight is 335 g/mol. The molecule has 0 unspecified atom stereocenters. The van der Waals surface area contributed by atoms with Gasteiger partial charge in [0.2, 0.25) is 0 Å². The quantitative estimate of drug-likeness (QED) is 0.718. The van der Waals surface area contributed by atoms with Gasteiger partial charge in [-0.25, -0.2) is 0 Å². The molecule has 1 nitrogen and oxygen atoms in total. The van der Waals surface area contributed by atoms with Gasteiger partial charge in [-0.05, 0) is 29.8 Å². The van der Waals surface area contributed by atoms with E-state index in [1.165, 1.54) is 0 Å². The molecule has 0 aliphatic heterocycles. The van der Waals surface area contributed by atoms with Crippen molar-refractivity contribution in [3.63, 3.8) is 0 Å². The van der Waals surface area contributed by atoms with Gasteiger partial charge in [0.05, 0.1) is 10.0 Å². The Morgan fingerprint density at radius 2 is 1.58 bits per heavy atom. The van der Waals surface area contributed by atoms with Crippen molar-refractivity contribution in [1.29, 1.82) is 0 Å². The van der Waals surface area contributed by atoms with Crippen LogP contribution in [0.15, 0.2) is 36.4 Å². The SMILES string of the molecule is Clc1cccc(CNCc2c(Cl)ccc(Cl)c2Cl)c1. The van der Waals surface area contributed by atoms with Crippen LogP contribution in [0.1, 0.15) is 11.1 Å². The minimum absolute atomic E-state index is 0.493. The highest BCUT2D eigenvalue weighted by Crippen LogP contribution is 2.31. The van der Waals surface area contributed by atoms with Gasteiger partial charge in [-0.1, -0.05) is 58.5 Å². The van der Waals surface area contributed by atoms with Gasteiger partial charge in [0.25, 0.3) is 0 Å². The molecule has 0 saturated heterocycles. The topological polar surface area (TPSA) is 12.0 Å². The van der Waals surface area contributed by atoms with Crippen molar-refractivity contribution in [2.75, 3.05) is 0 Å². The molecule has 0 aromatic heterocycles. The molecule has 0 heterocycles. The smallest absolute Gasteiger partial charge is 0.0652 e. The van der Waals surface area contributed by atoms with Crippen LogP contribution in [0, 0.1) is 0 Å². The Hall–Kier alpha value is -0.440. The second kappa shape index (κ2) is 6.83. The molecule has 1 N–H and O–H groups in total. The Labute approximate surface area is 132 Å². The number of halogens is 4. The minimum atomic E-state index is 0.493. The van der Waals surface area contributed by atoms with E-state index in [9.17, 15) is 0 Å². The van der Waals surface area contributed by atoms with Gasteiger partial charge in [0.1, 0.15) is 0 Å². The highest BCUT2D eigenvalue weighted by atomic mass is 35.5. The molecule has 2 aromatic carbocycles. The summed E-state index contributed by atoms with van der Waals surface area (Å²) in [6, 6.07) is 11.1. The summed E-state index contributed by atoms with van der Waals surface area (Å²) in [6.45, 7) is 1.23. The van der Waals surface area contributed by atoms with Crippen LogP contribution >= 0.6 is 46.4 Å². The Balaban J connectivity index is 2.02. The van der Waals surface area contributed by atoms with Crippen LogP contribution in [-0.2, 0) is 13.1 Å². The molecule has 100 valence electrons. The first-order chi connectivity index (χ1) is 9.08. The maximum absolute atomic E-state index is 6.13. The minimum Gasteiger partial charge on any atom is -0.309 e. The highest BCUT2D eigenvalue weighted by Gasteiger charge is 2.09. The largest absolute Gasteiger partial charge is 0.309 e. The Kier molecular flexibility index (Phi) is 5.37. The van der Waals surface area contributed by atoms with E-state index in [-0.39, 0.29) is 0 Å². The fraction of sp³-hybridized carbons (Fsp3) is 0.143. The summed E-state index contributed by atoms with van der Waals surface area (Å²) in [6.07, 6.45) is 0. The standard InChI is InChI=1S/C14H11Cl4N/c15-10-3-1-2-9(6-10)7-19-8-11-12(16)4-5-13(17)14(11)18/h1-6,19H,7-8H2. The Bertz CT molecular complexity index is 584. The van der Waals surface area contributed by atoms with E-state index >= 15 is 0 Å². The van der Waals surface area contributed by atoms with Crippen molar-refractivity contribution in [2.24, 2.45) is 0 Å². The van der Waals surface area contributed by atoms with E-state index in [0.717, 1.165) is 16.1 Å². The van der Waals surface area contributed by atoms with E-state index in [0.29, 0.717) is 28.2 Å². The van der Waals surface area contributed by atoms with Gasteiger partial charge >= 0.3 is 0 Å². The summed E-state index contributed by atoms with van der Waals surface area (Å²) in [5, 5.41) is 5.59. The lowest BCUT2D eigenvalue weighted by molar-refractivity contribution is 0.694. The summed E-state index contributed by atoms with van der Waals surface area (Å²) in [4.78, 5) is 0. The molecular weight excluding hydrogens is 324 g/mol. The summed E-state index contributed by atoms with van der Waals surface area (Å²) in [5.74, 6) is 0. The molecule has 0 amide bonds. The van der Waals surface area contributed by atoms with E-state index in [4.69, 9.17) is 46.4 Å². The van der Waals surface area contributed by atoms with Crippen LogP contribution in [0.25, 0.3) is 0 Å². The first-order valence-corrected chi connectivity index (χ1v) is 7.16. The van der Waals surface area contributed by atoms with Crippen molar-refractivity contribution in [2.45, 2.75) is 13.1 Å². The normalized spacial score (nSPS) is 10.7. The predicted octanol–water partition coefficient (Wildman–Crippen LogP) is 5.59. The summed E-state index contributed by atoms with van der Waals surface area (Å²) in [7, 11) is 0. The highest BCUT2D eigenvalue weighted by molar-refractivity contribution is 6.44. The second-order valence-electron chi connectivity index (χ2n) is 4.06. The molecule has 0 aliphatic carbocycles. The molecule has 0 fully saturated rings. The summed E-state index contributed by atoms with van der Waals surface area (Å²) >= 11 is 24.1. The lowest BCUT2D eigenvalue weighted by Crippen LogP contribution is -2.13. The van der Waals surface area contributed by atoms with E-state index in [1.807, 2.05) is 24.3 Å². The van der Waals surface area contributed by atoms with Gasteiger partial charge in [0.15, 0.2) is 0 Å². The Morgan fingerprint density at radius 3 is 2.32 bits per heavy atom. The molecule has 0 aliphatic rings.